The Labute approximate surface area is 162 Å². The first-order valence-electron chi connectivity index (χ1n) is 8.08. The average molecular weight is 449 g/mol. The van der Waals surface area contributed by atoms with E-state index >= 15 is 0 Å². The summed E-state index contributed by atoms with van der Waals surface area (Å²) in [5, 5.41) is 3.35. The minimum atomic E-state index is -0.245. The number of unbranched alkanes of at least 4 members (excludes halogenated alkanes) is 2. The molecule has 6 heteroatoms. The van der Waals surface area contributed by atoms with Crippen LogP contribution >= 0.6 is 24.0 Å². The lowest BCUT2D eigenvalue weighted by Gasteiger charge is -2.21. The van der Waals surface area contributed by atoms with Gasteiger partial charge in [-0.25, -0.2) is 4.39 Å². The molecule has 136 valence electrons. The van der Waals surface area contributed by atoms with E-state index in [1.54, 1.807) is 19.2 Å². The number of benzene rings is 1. The molecule has 1 aromatic carbocycles. The van der Waals surface area contributed by atoms with Gasteiger partial charge in [0.05, 0.1) is 6.61 Å². The van der Waals surface area contributed by atoms with Gasteiger partial charge in [0, 0.05) is 27.2 Å². The molecule has 0 aliphatic rings. The smallest absolute Gasteiger partial charge is 0.193 e. The Morgan fingerprint density at radius 1 is 1.29 bits per heavy atom. The second kappa shape index (κ2) is 14.1. The number of rotatable bonds is 10. The zero-order valence-electron chi connectivity index (χ0n) is 14.6. The summed E-state index contributed by atoms with van der Waals surface area (Å²) in [5.41, 5.74) is 0. The number of aliphatic imine (C=N–C) groups is 1. The SMILES string of the molecule is C=CCCCN(C)C(=NC)NCCCCOc1ccc(F)cc1.I. The van der Waals surface area contributed by atoms with Crippen molar-refractivity contribution in [2.45, 2.75) is 25.7 Å². The predicted octanol–water partition coefficient (Wildman–Crippen LogP) is 4.08. The lowest BCUT2D eigenvalue weighted by Crippen LogP contribution is -2.39. The molecule has 0 amide bonds. The van der Waals surface area contributed by atoms with Gasteiger partial charge in [-0.1, -0.05) is 6.08 Å². The molecule has 0 radical (unpaired) electrons. The Hall–Kier alpha value is -1.31. The van der Waals surface area contributed by atoms with Crippen LogP contribution < -0.4 is 10.1 Å². The Morgan fingerprint density at radius 3 is 2.62 bits per heavy atom. The lowest BCUT2D eigenvalue weighted by atomic mass is 10.3. The summed E-state index contributed by atoms with van der Waals surface area (Å²) in [6, 6.07) is 6.10. The highest BCUT2D eigenvalue weighted by atomic mass is 127. The lowest BCUT2D eigenvalue weighted by molar-refractivity contribution is 0.306. The second-order valence-corrected chi connectivity index (χ2v) is 5.34. The zero-order chi connectivity index (χ0) is 16.9. The molecule has 0 aliphatic carbocycles. The normalized spacial score (nSPS) is 10.7. The highest BCUT2D eigenvalue weighted by Gasteiger charge is 2.04. The van der Waals surface area contributed by atoms with Crippen LogP contribution in [0.4, 0.5) is 4.39 Å². The van der Waals surface area contributed by atoms with Crippen molar-refractivity contribution in [3.05, 3.63) is 42.7 Å². The monoisotopic (exact) mass is 449 g/mol. The fraction of sp³-hybridized carbons (Fsp3) is 0.500. The summed E-state index contributed by atoms with van der Waals surface area (Å²) >= 11 is 0. The molecule has 1 N–H and O–H groups in total. The number of guanidine groups is 1. The van der Waals surface area contributed by atoms with Gasteiger partial charge in [0.1, 0.15) is 11.6 Å². The number of ether oxygens (including phenoxy) is 1. The van der Waals surface area contributed by atoms with E-state index in [-0.39, 0.29) is 29.8 Å². The van der Waals surface area contributed by atoms with Crippen molar-refractivity contribution in [1.82, 2.24) is 10.2 Å². The maximum absolute atomic E-state index is 12.8. The van der Waals surface area contributed by atoms with Crippen molar-refractivity contribution in [3.8, 4) is 5.75 Å². The van der Waals surface area contributed by atoms with Crippen LogP contribution in [0.2, 0.25) is 0 Å². The average Bonchev–Trinajstić information content (AvgIpc) is 2.56. The molecule has 0 aliphatic heterocycles. The molecule has 1 aromatic rings. The highest BCUT2D eigenvalue weighted by Crippen LogP contribution is 2.11. The van der Waals surface area contributed by atoms with E-state index in [0.29, 0.717) is 12.4 Å². The third-order valence-electron chi connectivity index (χ3n) is 3.41. The molecule has 0 bridgehead atoms. The Bertz CT molecular complexity index is 480. The molecule has 4 nitrogen and oxygen atoms in total. The van der Waals surface area contributed by atoms with Gasteiger partial charge in [-0.2, -0.15) is 0 Å². The molecule has 0 saturated heterocycles. The van der Waals surface area contributed by atoms with E-state index in [9.17, 15) is 4.39 Å². The molecular formula is C18H29FIN3O. The van der Waals surface area contributed by atoms with Crippen molar-refractivity contribution < 1.29 is 9.13 Å². The summed E-state index contributed by atoms with van der Waals surface area (Å²) in [6.07, 6.45) is 5.95. The summed E-state index contributed by atoms with van der Waals surface area (Å²) in [6.45, 7) is 6.17. The van der Waals surface area contributed by atoms with E-state index < -0.39 is 0 Å². The van der Waals surface area contributed by atoms with Crippen LogP contribution in [0, 0.1) is 5.82 Å². The predicted molar refractivity (Wildman–Crippen MR) is 110 cm³/mol. The molecule has 0 fully saturated rings. The third-order valence-corrected chi connectivity index (χ3v) is 3.41. The maximum Gasteiger partial charge on any atom is 0.193 e. The van der Waals surface area contributed by atoms with E-state index in [1.165, 1.54) is 12.1 Å². The van der Waals surface area contributed by atoms with Crippen molar-refractivity contribution in [3.63, 3.8) is 0 Å². The van der Waals surface area contributed by atoms with Crippen LogP contribution in [0.15, 0.2) is 41.9 Å². The Kier molecular flexibility index (Phi) is 13.3. The van der Waals surface area contributed by atoms with Crippen LogP contribution in [0.25, 0.3) is 0 Å². The summed E-state index contributed by atoms with van der Waals surface area (Å²) < 4.78 is 18.3. The van der Waals surface area contributed by atoms with Gasteiger partial charge in [0.25, 0.3) is 0 Å². The first-order chi connectivity index (χ1) is 11.2. The van der Waals surface area contributed by atoms with Crippen molar-refractivity contribution >= 4 is 29.9 Å². The van der Waals surface area contributed by atoms with E-state index in [1.807, 2.05) is 13.1 Å². The summed E-state index contributed by atoms with van der Waals surface area (Å²) in [4.78, 5) is 6.40. The van der Waals surface area contributed by atoms with Gasteiger partial charge >= 0.3 is 0 Å². The number of nitrogens with one attached hydrogen (secondary N) is 1. The molecule has 24 heavy (non-hydrogen) atoms. The van der Waals surface area contributed by atoms with E-state index in [2.05, 4.69) is 21.8 Å². The molecule has 0 spiro atoms. The van der Waals surface area contributed by atoms with Crippen LogP contribution in [-0.2, 0) is 0 Å². The standard InChI is InChI=1S/C18H28FN3O.HI/c1-4-5-7-14-22(3)18(20-2)21-13-6-8-15-23-17-11-9-16(19)10-12-17;/h4,9-12H,1,5-8,13-15H2,2-3H3,(H,20,21);1H. The second-order valence-electron chi connectivity index (χ2n) is 5.34. The van der Waals surface area contributed by atoms with Crippen molar-refractivity contribution in [1.29, 1.82) is 0 Å². The van der Waals surface area contributed by atoms with Gasteiger partial charge in [-0.15, -0.1) is 30.6 Å². The van der Waals surface area contributed by atoms with E-state index in [0.717, 1.165) is 44.7 Å². The number of hydrogen-bond acceptors (Lipinski definition) is 2. The van der Waals surface area contributed by atoms with Gasteiger partial charge < -0.3 is 15.0 Å². The zero-order valence-corrected chi connectivity index (χ0v) is 17.0. The topological polar surface area (TPSA) is 36.9 Å². The highest BCUT2D eigenvalue weighted by molar-refractivity contribution is 14.0. The fourth-order valence-electron chi connectivity index (χ4n) is 2.11. The van der Waals surface area contributed by atoms with Crippen LogP contribution in [-0.4, -0.2) is 44.7 Å². The fourth-order valence-corrected chi connectivity index (χ4v) is 2.11. The minimum absolute atomic E-state index is 0. The number of halogens is 2. The molecule has 0 heterocycles. The molecule has 0 aromatic heterocycles. The van der Waals surface area contributed by atoms with Crippen molar-refractivity contribution in [2.24, 2.45) is 4.99 Å². The first kappa shape index (κ1) is 22.7. The number of hydrogen-bond donors (Lipinski definition) is 1. The van der Waals surface area contributed by atoms with Crippen LogP contribution in [0.1, 0.15) is 25.7 Å². The van der Waals surface area contributed by atoms with Crippen molar-refractivity contribution in [2.75, 3.05) is 33.8 Å². The number of nitrogens with zero attached hydrogens (tertiary/aromatic N) is 2. The van der Waals surface area contributed by atoms with Gasteiger partial charge in [0.15, 0.2) is 5.96 Å². The Morgan fingerprint density at radius 2 is 2.00 bits per heavy atom. The molecule has 0 unspecified atom stereocenters. The largest absolute Gasteiger partial charge is 0.494 e. The molecular weight excluding hydrogens is 420 g/mol. The Balaban J connectivity index is 0.00000529. The van der Waals surface area contributed by atoms with E-state index in [4.69, 9.17) is 4.74 Å². The molecule has 0 atom stereocenters. The summed E-state index contributed by atoms with van der Waals surface area (Å²) in [5.74, 6) is 1.37. The molecule has 0 saturated carbocycles. The third kappa shape index (κ3) is 9.75. The summed E-state index contributed by atoms with van der Waals surface area (Å²) in [7, 11) is 3.83. The van der Waals surface area contributed by atoms with Crippen LogP contribution in [0.3, 0.4) is 0 Å². The van der Waals surface area contributed by atoms with Crippen LogP contribution in [0.5, 0.6) is 5.75 Å². The maximum atomic E-state index is 12.8. The molecule has 1 rings (SSSR count). The van der Waals surface area contributed by atoms with Gasteiger partial charge in [-0.3, -0.25) is 4.99 Å². The van der Waals surface area contributed by atoms with Gasteiger partial charge in [-0.05, 0) is 49.9 Å². The number of allylic oxidation sites excluding steroid dienone is 1. The first-order valence-corrected chi connectivity index (χ1v) is 8.08. The minimum Gasteiger partial charge on any atom is -0.494 e. The van der Waals surface area contributed by atoms with Gasteiger partial charge in [0.2, 0.25) is 0 Å². The quantitative estimate of drug-likeness (QED) is 0.192.